The van der Waals surface area contributed by atoms with Crippen LogP contribution in [0.25, 0.3) is 0 Å². The molecule has 0 bridgehead atoms. The van der Waals surface area contributed by atoms with Crippen LogP contribution < -0.4 is 20.3 Å². The molecule has 1 aliphatic carbocycles. The molecule has 2 aromatic rings. The van der Waals surface area contributed by atoms with Crippen molar-refractivity contribution >= 4 is 46.8 Å². The van der Waals surface area contributed by atoms with Crippen LogP contribution in [0.15, 0.2) is 36.4 Å². The minimum atomic E-state index is -0.760. The van der Waals surface area contributed by atoms with E-state index in [0.29, 0.717) is 30.3 Å². The van der Waals surface area contributed by atoms with Gasteiger partial charge in [0, 0.05) is 38.5 Å². The van der Waals surface area contributed by atoms with Gasteiger partial charge in [-0.2, -0.15) is 0 Å². The third kappa shape index (κ3) is 8.67. The van der Waals surface area contributed by atoms with Gasteiger partial charge in [-0.25, -0.2) is 4.79 Å². The molecule has 0 radical (unpaired) electrons. The highest BCUT2D eigenvalue weighted by molar-refractivity contribution is 6.34. The number of piperidine rings is 1. The van der Waals surface area contributed by atoms with Crippen molar-refractivity contribution in [2.45, 2.75) is 58.6 Å². The molecule has 1 aliphatic heterocycles. The van der Waals surface area contributed by atoms with Crippen LogP contribution in [-0.4, -0.2) is 80.8 Å². The summed E-state index contributed by atoms with van der Waals surface area (Å²) < 4.78 is 16.1. The van der Waals surface area contributed by atoms with E-state index in [9.17, 15) is 19.2 Å². The van der Waals surface area contributed by atoms with Crippen molar-refractivity contribution in [2.24, 2.45) is 11.8 Å². The molecule has 1 saturated carbocycles. The SMILES string of the molecule is COCCNC(=O)c1cc(N(C(=O)[C@@H]2C[C@H](C(=O)Nc3c(C)cccc3OC)CN(C(=O)OC(C)(C)C)C2)C2CC2)ccc1Cl. The van der Waals surface area contributed by atoms with E-state index in [-0.39, 0.29) is 53.9 Å². The fraction of sp³-hybridized carbons (Fsp3) is 0.515. The van der Waals surface area contributed by atoms with Crippen molar-refractivity contribution in [3.63, 3.8) is 0 Å². The van der Waals surface area contributed by atoms with E-state index in [2.05, 4.69) is 10.6 Å². The van der Waals surface area contributed by atoms with E-state index < -0.39 is 23.5 Å². The highest BCUT2D eigenvalue weighted by Gasteiger charge is 2.43. The molecule has 45 heavy (non-hydrogen) atoms. The van der Waals surface area contributed by atoms with E-state index in [1.54, 1.807) is 57.0 Å². The Morgan fingerprint density at radius 1 is 1.04 bits per heavy atom. The standard InChI is InChI=1S/C33H43ClN4O7/c1-20-8-7-9-27(44-6)28(20)36-29(39)21-16-22(19-37(18-21)32(42)45-33(2,3)4)31(41)38(23-10-11-23)24-12-13-26(34)25(17-24)30(40)35-14-15-43-5/h7-9,12-13,17,21-23H,10-11,14-16,18-19H2,1-6H3,(H,35,40)(H,36,39)/t21-,22+/m0/s1. The van der Waals surface area contributed by atoms with Crippen LogP contribution in [0.3, 0.4) is 0 Å². The van der Waals surface area contributed by atoms with Crippen LogP contribution in [-0.2, 0) is 19.1 Å². The Balaban J connectivity index is 1.62. The first-order valence-electron chi connectivity index (χ1n) is 15.1. The first-order chi connectivity index (χ1) is 21.3. The number of nitrogens with zero attached hydrogens (tertiary/aromatic N) is 2. The summed E-state index contributed by atoms with van der Waals surface area (Å²) in [4.78, 5) is 57.3. The maximum atomic E-state index is 14.3. The Bertz CT molecular complexity index is 1420. The van der Waals surface area contributed by atoms with Crippen molar-refractivity contribution in [1.82, 2.24) is 10.2 Å². The van der Waals surface area contributed by atoms with Gasteiger partial charge in [0.15, 0.2) is 0 Å². The number of amides is 4. The summed E-state index contributed by atoms with van der Waals surface area (Å²) in [6.45, 7) is 8.00. The number of aryl methyl sites for hydroxylation is 1. The average Bonchev–Trinajstić information content (AvgIpc) is 3.83. The summed E-state index contributed by atoms with van der Waals surface area (Å²) in [5.41, 5.74) is 1.37. The normalized spacial score (nSPS) is 18.2. The molecule has 244 valence electrons. The number of benzene rings is 2. The van der Waals surface area contributed by atoms with Crippen molar-refractivity contribution in [1.29, 1.82) is 0 Å². The van der Waals surface area contributed by atoms with Crippen LogP contribution in [0.4, 0.5) is 16.2 Å². The van der Waals surface area contributed by atoms with E-state index in [0.717, 1.165) is 18.4 Å². The number of likely N-dealkylation sites (tertiary alicyclic amines) is 1. The topological polar surface area (TPSA) is 127 Å². The molecule has 11 nitrogen and oxygen atoms in total. The monoisotopic (exact) mass is 642 g/mol. The highest BCUT2D eigenvalue weighted by Crippen LogP contribution is 2.37. The number of rotatable bonds is 10. The summed E-state index contributed by atoms with van der Waals surface area (Å²) in [6.07, 6.45) is 1.22. The number of para-hydroxylation sites is 1. The summed E-state index contributed by atoms with van der Waals surface area (Å²) in [5, 5.41) is 6.00. The van der Waals surface area contributed by atoms with Gasteiger partial charge in [-0.05, 0) is 76.8 Å². The van der Waals surface area contributed by atoms with Crippen molar-refractivity contribution in [2.75, 3.05) is 50.7 Å². The number of halogens is 1. The zero-order valence-electron chi connectivity index (χ0n) is 26.8. The van der Waals surface area contributed by atoms with Crippen molar-refractivity contribution in [3.8, 4) is 5.75 Å². The zero-order valence-corrected chi connectivity index (χ0v) is 27.5. The van der Waals surface area contributed by atoms with E-state index in [1.807, 2.05) is 19.1 Å². The number of ether oxygens (including phenoxy) is 3. The Kier molecular flexibility index (Phi) is 11.0. The molecule has 1 saturated heterocycles. The van der Waals surface area contributed by atoms with Gasteiger partial charge in [-0.1, -0.05) is 23.7 Å². The minimum absolute atomic E-state index is 0.0662. The number of hydrogen-bond acceptors (Lipinski definition) is 7. The Labute approximate surface area is 269 Å². The molecule has 2 aromatic carbocycles. The molecule has 2 atom stereocenters. The first-order valence-corrected chi connectivity index (χ1v) is 15.5. The third-order valence-corrected chi connectivity index (χ3v) is 8.07. The molecule has 1 heterocycles. The molecule has 0 unspecified atom stereocenters. The van der Waals surface area contributed by atoms with E-state index >= 15 is 0 Å². The number of anilines is 2. The van der Waals surface area contributed by atoms with Gasteiger partial charge in [-0.15, -0.1) is 0 Å². The lowest BCUT2D eigenvalue weighted by molar-refractivity contribution is -0.127. The number of methoxy groups -OCH3 is 2. The van der Waals surface area contributed by atoms with Gasteiger partial charge in [0.25, 0.3) is 5.91 Å². The Hall–Kier alpha value is -3.83. The summed E-state index contributed by atoms with van der Waals surface area (Å²) in [6, 6.07) is 10.3. The van der Waals surface area contributed by atoms with Crippen molar-refractivity contribution < 1.29 is 33.4 Å². The third-order valence-electron chi connectivity index (χ3n) is 7.74. The second-order valence-corrected chi connectivity index (χ2v) is 12.9. The molecule has 12 heteroatoms. The molecule has 2 aliphatic rings. The zero-order chi connectivity index (χ0) is 32.9. The van der Waals surface area contributed by atoms with Crippen LogP contribution in [0.2, 0.25) is 5.02 Å². The molecular weight excluding hydrogens is 600 g/mol. The predicted octanol–water partition coefficient (Wildman–Crippen LogP) is 5.04. The number of carbonyl (C=O) groups excluding carboxylic acids is 4. The van der Waals surface area contributed by atoms with Gasteiger partial charge in [0.2, 0.25) is 11.8 Å². The Morgan fingerprint density at radius 3 is 2.40 bits per heavy atom. The molecule has 2 N–H and O–H groups in total. The second kappa shape index (κ2) is 14.5. The summed E-state index contributed by atoms with van der Waals surface area (Å²) >= 11 is 6.38. The van der Waals surface area contributed by atoms with Gasteiger partial charge < -0.3 is 34.6 Å². The predicted molar refractivity (Wildman–Crippen MR) is 172 cm³/mol. The summed E-state index contributed by atoms with van der Waals surface area (Å²) in [7, 11) is 3.07. The maximum Gasteiger partial charge on any atom is 0.410 e. The molecule has 0 spiro atoms. The molecule has 4 amide bonds. The van der Waals surface area contributed by atoms with Gasteiger partial charge in [0.1, 0.15) is 11.4 Å². The largest absolute Gasteiger partial charge is 0.495 e. The molecular formula is C33H43ClN4O7. The maximum absolute atomic E-state index is 14.3. The first kappa shape index (κ1) is 34.1. The van der Waals surface area contributed by atoms with Gasteiger partial charge >= 0.3 is 6.09 Å². The lowest BCUT2D eigenvalue weighted by Crippen LogP contribution is -2.53. The minimum Gasteiger partial charge on any atom is -0.495 e. The van der Waals surface area contributed by atoms with Gasteiger partial charge in [-0.3, -0.25) is 14.4 Å². The average molecular weight is 643 g/mol. The van der Waals surface area contributed by atoms with E-state index in [1.165, 1.54) is 12.0 Å². The van der Waals surface area contributed by atoms with E-state index in [4.69, 9.17) is 25.8 Å². The van der Waals surface area contributed by atoms with Crippen LogP contribution in [0.5, 0.6) is 5.75 Å². The van der Waals surface area contributed by atoms with Crippen LogP contribution in [0, 0.1) is 18.8 Å². The van der Waals surface area contributed by atoms with Gasteiger partial charge in [0.05, 0.1) is 41.8 Å². The quantitative estimate of drug-likeness (QED) is 0.348. The van der Waals surface area contributed by atoms with Crippen molar-refractivity contribution in [3.05, 3.63) is 52.5 Å². The Morgan fingerprint density at radius 2 is 1.76 bits per heavy atom. The lowest BCUT2D eigenvalue weighted by atomic mass is 9.87. The second-order valence-electron chi connectivity index (χ2n) is 12.5. The fourth-order valence-corrected chi connectivity index (χ4v) is 5.59. The van der Waals surface area contributed by atoms with Crippen LogP contribution in [0.1, 0.15) is 56.0 Å². The molecule has 4 rings (SSSR count). The number of nitrogens with one attached hydrogen (secondary N) is 2. The summed E-state index contributed by atoms with van der Waals surface area (Å²) in [5.74, 6) is -1.81. The number of hydrogen-bond donors (Lipinski definition) is 2. The molecule has 0 aromatic heterocycles. The highest BCUT2D eigenvalue weighted by atomic mass is 35.5. The fourth-order valence-electron chi connectivity index (χ4n) is 5.39. The smallest absolute Gasteiger partial charge is 0.410 e. The molecule has 2 fully saturated rings. The van der Waals surface area contributed by atoms with Crippen LogP contribution >= 0.6 is 11.6 Å². The lowest BCUT2D eigenvalue weighted by Gasteiger charge is -2.39. The number of carbonyl (C=O) groups is 4.